The van der Waals surface area contributed by atoms with E-state index in [9.17, 15) is 29.4 Å². The van der Waals surface area contributed by atoms with Crippen LogP contribution in [0, 0.1) is 23.2 Å². The number of ether oxygens (including phenoxy) is 1. The summed E-state index contributed by atoms with van der Waals surface area (Å²) >= 11 is 6.13. The molecule has 2 unspecified atom stereocenters. The maximum Gasteiger partial charge on any atom is 0.335 e. The fraction of sp³-hybridized carbons (Fsp3) is 0.743. The van der Waals surface area contributed by atoms with Crippen molar-refractivity contribution in [2.45, 2.75) is 134 Å². The van der Waals surface area contributed by atoms with Gasteiger partial charge in [0.1, 0.15) is 18.5 Å². The smallest absolute Gasteiger partial charge is 0.335 e. The fourth-order valence-electron chi connectivity index (χ4n) is 8.08. The Kier molecular flexibility index (Phi) is 16.9. The van der Waals surface area contributed by atoms with E-state index in [1.807, 2.05) is 61.5 Å². The molecule has 0 aliphatic heterocycles. The molecule has 2 aliphatic rings. The number of aliphatic hydroxyl groups excluding tert-OH is 1. The summed E-state index contributed by atoms with van der Waals surface area (Å²) < 4.78 is 58.9. The van der Waals surface area contributed by atoms with E-state index in [4.69, 9.17) is 43.2 Å². The zero-order chi connectivity index (χ0) is 44.0. The van der Waals surface area contributed by atoms with Gasteiger partial charge in [0.15, 0.2) is 11.2 Å². The number of nitriles is 1. The Bertz CT molecular complexity index is 2030. The molecule has 3 heterocycles. The highest BCUT2D eigenvalue weighted by Crippen LogP contribution is 2.57. The van der Waals surface area contributed by atoms with Crippen LogP contribution < -0.4 is 10.3 Å². The van der Waals surface area contributed by atoms with Crippen molar-refractivity contribution in [2.24, 2.45) is 11.8 Å². The molecule has 5 rings (SSSR count). The molecule has 2 aliphatic carbocycles. The summed E-state index contributed by atoms with van der Waals surface area (Å²) in [6.45, 7) is 11.2. The molecule has 0 aromatic carbocycles. The fourth-order valence-corrected chi connectivity index (χ4v) is 20.8. The quantitative estimate of drug-likeness (QED) is 0.0589. The molecule has 2 fully saturated rings. The third-order valence-electron chi connectivity index (χ3n) is 11.3. The number of nitrogens with one attached hydrogen (secondary N) is 1. The van der Waals surface area contributed by atoms with Crippen LogP contribution in [0.5, 0.6) is 5.88 Å². The zero-order valence-corrected chi connectivity index (χ0v) is 39.8. The van der Waals surface area contributed by atoms with E-state index < -0.39 is 79.9 Å². The van der Waals surface area contributed by atoms with E-state index in [-0.39, 0.29) is 72.4 Å². The van der Waals surface area contributed by atoms with Gasteiger partial charge in [-0.2, -0.15) is 5.26 Å². The minimum absolute atomic E-state index is 0.0161. The molecular weight excluding hydrogens is 875 g/mol. The first-order valence-electron chi connectivity index (χ1n) is 20.1. The van der Waals surface area contributed by atoms with Gasteiger partial charge in [0.25, 0.3) is 5.56 Å². The van der Waals surface area contributed by atoms with Gasteiger partial charge in [-0.15, -0.1) is 5.10 Å². The van der Waals surface area contributed by atoms with Gasteiger partial charge in [-0.25, -0.2) is 19.6 Å². The molecule has 0 saturated heterocycles. The highest BCUT2D eigenvalue weighted by atomic mass is 32.5. The molecule has 3 aromatic rings. The SMILES string of the molecule is CC(C)[Si](O)(O[Si](O[C@@H]1[C@@H](CO)C[C@@H](n2nnc3c(=O)[nH]cnc32)[C@H]1OP(=S)(OCCC#N)OC[C@H]1C[C@@H](Oc2ccncn2)C[C@@H]1O[PH](=O)O)(C(C)C)C(C)C)C(C)C. The van der Waals surface area contributed by atoms with Crippen LogP contribution in [0.2, 0.25) is 22.2 Å². The summed E-state index contributed by atoms with van der Waals surface area (Å²) in [5.74, 6) is -0.803. The Morgan fingerprint density at radius 3 is 2.37 bits per heavy atom. The molecule has 0 radical (unpaired) electrons. The highest BCUT2D eigenvalue weighted by molar-refractivity contribution is 8.07. The second-order valence-corrected chi connectivity index (χ2v) is 28.8. The first-order valence-corrected chi connectivity index (χ1v) is 27.9. The van der Waals surface area contributed by atoms with Crippen molar-refractivity contribution in [1.82, 2.24) is 34.9 Å². The highest BCUT2D eigenvalue weighted by Gasteiger charge is 2.59. The number of hydrogen-bond acceptors (Lipinski definition) is 18. The van der Waals surface area contributed by atoms with Crippen LogP contribution in [-0.2, 0) is 43.0 Å². The Balaban J connectivity index is 1.56. The van der Waals surface area contributed by atoms with Crippen molar-refractivity contribution < 1.29 is 50.7 Å². The molecule has 20 nitrogen and oxygen atoms in total. The minimum atomic E-state index is -3.91. The van der Waals surface area contributed by atoms with Crippen molar-refractivity contribution >= 4 is 55.1 Å². The van der Waals surface area contributed by atoms with Crippen molar-refractivity contribution in [3.63, 3.8) is 0 Å². The van der Waals surface area contributed by atoms with E-state index in [1.165, 1.54) is 23.5 Å². The van der Waals surface area contributed by atoms with Crippen molar-refractivity contribution in [1.29, 1.82) is 5.26 Å². The van der Waals surface area contributed by atoms with Gasteiger partial charge in [0.05, 0.1) is 50.3 Å². The van der Waals surface area contributed by atoms with Gasteiger partial charge in [-0.05, 0) is 46.8 Å². The maximum absolute atomic E-state index is 12.8. The topological polar surface area (TPSA) is 268 Å². The maximum atomic E-state index is 12.8. The molecule has 334 valence electrons. The van der Waals surface area contributed by atoms with Crippen LogP contribution in [0.25, 0.3) is 11.2 Å². The number of hydrogen-bond donors (Lipinski definition) is 4. The molecule has 9 atom stereocenters. The van der Waals surface area contributed by atoms with Crippen molar-refractivity contribution in [2.75, 3.05) is 19.8 Å². The number of aromatic nitrogens is 7. The summed E-state index contributed by atoms with van der Waals surface area (Å²) in [5, 5.41) is 29.0. The Morgan fingerprint density at radius 1 is 1.05 bits per heavy atom. The third kappa shape index (κ3) is 11.0. The van der Waals surface area contributed by atoms with Gasteiger partial charge in [-0.3, -0.25) is 9.36 Å². The predicted molar refractivity (Wildman–Crippen MR) is 227 cm³/mol. The predicted octanol–water partition coefficient (Wildman–Crippen LogP) is 4.96. The molecule has 4 N–H and O–H groups in total. The lowest BCUT2D eigenvalue weighted by Gasteiger charge is -2.48. The third-order valence-corrected chi connectivity index (χ3v) is 23.9. The molecule has 60 heavy (non-hydrogen) atoms. The van der Waals surface area contributed by atoms with E-state index in [2.05, 4.69) is 30.2 Å². The lowest BCUT2D eigenvalue weighted by atomic mass is 10.1. The second-order valence-electron chi connectivity index (χ2n) is 16.5. The molecular formula is C35H58N8O12P2SSi2. The second kappa shape index (κ2) is 20.9. The van der Waals surface area contributed by atoms with Crippen molar-refractivity contribution in [3.05, 3.63) is 35.3 Å². The molecule has 0 bridgehead atoms. The Hall–Kier alpha value is -2.40. The van der Waals surface area contributed by atoms with Gasteiger partial charge in [0.2, 0.25) is 5.88 Å². The average molecular weight is 933 g/mol. The molecule has 2 saturated carbocycles. The molecule has 0 amide bonds. The zero-order valence-electron chi connectivity index (χ0n) is 35.1. The van der Waals surface area contributed by atoms with Gasteiger partial charge in [0, 0.05) is 37.1 Å². The molecule has 25 heteroatoms. The number of H-pyrrole nitrogens is 1. The number of fused-ring (bicyclic) bond motifs is 1. The van der Waals surface area contributed by atoms with Crippen LogP contribution in [0.15, 0.2) is 29.7 Å². The average Bonchev–Trinajstić information content (AvgIpc) is 3.88. The minimum Gasteiger partial charge on any atom is -0.474 e. The van der Waals surface area contributed by atoms with Crippen LogP contribution in [0.4, 0.5) is 0 Å². The largest absolute Gasteiger partial charge is 0.474 e. The number of rotatable bonds is 22. The summed E-state index contributed by atoms with van der Waals surface area (Å²) in [6, 6.07) is 2.84. The van der Waals surface area contributed by atoms with Crippen molar-refractivity contribution in [3.8, 4) is 11.9 Å². The Morgan fingerprint density at radius 2 is 1.77 bits per heavy atom. The summed E-state index contributed by atoms with van der Waals surface area (Å²) in [7, 11) is -10.3. The Labute approximate surface area is 357 Å². The van der Waals surface area contributed by atoms with Crippen LogP contribution in [0.1, 0.15) is 87.1 Å². The van der Waals surface area contributed by atoms with E-state index in [1.54, 1.807) is 6.07 Å². The van der Waals surface area contributed by atoms with Gasteiger partial charge in [-0.1, -0.05) is 60.6 Å². The molecule has 0 spiro atoms. The normalized spacial score (nSPS) is 25.4. The lowest BCUT2D eigenvalue weighted by Crippen LogP contribution is -2.62. The van der Waals surface area contributed by atoms with E-state index in [0.29, 0.717) is 12.3 Å². The number of aromatic amines is 1. The van der Waals surface area contributed by atoms with Crippen LogP contribution in [0.3, 0.4) is 0 Å². The molecule has 3 aromatic heterocycles. The van der Waals surface area contributed by atoms with Gasteiger partial charge < -0.3 is 51.2 Å². The number of aliphatic hydroxyl groups is 1. The number of nitrogens with zero attached hydrogens (tertiary/aromatic N) is 7. The standard InChI is InChI=1S/C35H58N8O12P2SSi2/c1-21(2)59(48,22(3)4)55-60(23(5)6,24(7)8)54-32-25(17-44)15-28(43-34-31(41-42-43)35(45)40-20-39-34)33(32)53-57(58,49-13-9-11-36)50-18-26-14-27(16-29(26)52-56(46)47)51-30-10-12-37-19-38-30/h10,12,19-29,32-33,44,48,56H,9,13-18H2,1-8H3,(H,46,47)(H,39,40,45)/t25-,26-,27-,28-,29+,32-,33-,57?/m1/s1. The summed E-state index contributed by atoms with van der Waals surface area (Å²) in [6.07, 6.45) is 1.59. The van der Waals surface area contributed by atoms with Crippen LogP contribution in [-0.4, -0.2) is 111 Å². The monoisotopic (exact) mass is 932 g/mol. The van der Waals surface area contributed by atoms with E-state index >= 15 is 0 Å². The van der Waals surface area contributed by atoms with E-state index in [0.717, 1.165) is 0 Å². The van der Waals surface area contributed by atoms with Crippen LogP contribution >= 0.6 is 15.0 Å². The first-order chi connectivity index (χ1) is 28.4. The summed E-state index contributed by atoms with van der Waals surface area (Å²) in [4.78, 5) is 49.8. The first kappa shape index (κ1) is 48.6. The summed E-state index contributed by atoms with van der Waals surface area (Å²) in [5.41, 5.74) is -1.11. The van der Waals surface area contributed by atoms with Gasteiger partial charge >= 0.3 is 32.1 Å². The lowest BCUT2D eigenvalue weighted by molar-refractivity contribution is -0.0139.